The number of aliphatic hydroxyl groups is 1. The van der Waals surface area contributed by atoms with Gasteiger partial charge in [-0.25, -0.2) is 14.6 Å². The summed E-state index contributed by atoms with van der Waals surface area (Å²) in [5.74, 6) is 1.06. The van der Waals surface area contributed by atoms with E-state index in [0.717, 1.165) is 4.88 Å². The average molecular weight is 410 g/mol. The Labute approximate surface area is 162 Å². The van der Waals surface area contributed by atoms with Crippen LogP contribution in [0.3, 0.4) is 0 Å². The summed E-state index contributed by atoms with van der Waals surface area (Å²) in [5, 5.41) is 14.5. The van der Waals surface area contributed by atoms with Crippen LogP contribution in [0, 0.1) is 0 Å². The summed E-state index contributed by atoms with van der Waals surface area (Å²) in [5.41, 5.74) is 0.746. The maximum absolute atomic E-state index is 12.9. The lowest BCUT2D eigenvalue weighted by molar-refractivity contribution is -0.206. The summed E-state index contributed by atoms with van der Waals surface area (Å²) in [6.45, 7) is 4.34. The first-order chi connectivity index (χ1) is 13.3. The van der Waals surface area contributed by atoms with Crippen molar-refractivity contribution in [2.24, 2.45) is 0 Å². The Bertz CT molecular complexity index is 1010. The van der Waals surface area contributed by atoms with Gasteiger partial charge < -0.3 is 9.84 Å². The number of nitrogens with zero attached hydrogens (tertiary/aromatic N) is 4. The lowest BCUT2D eigenvalue weighted by Gasteiger charge is -2.16. The van der Waals surface area contributed by atoms with E-state index in [1.54, 1.807) is 4.68 Å². The Balaban J connectivity index is 1.82. The van der Waals surface area contributed by atoms with Crippen molar-refractivity contribution in [1.29, 1.82) is 0 Å². The third-order valence-electron chi connectivity index (χ3n) is 4.42. The highest BCUT2D eigenvalue weighted by atomic mass is 32.1. The third-order valence-corrected chi connectivity index (χ3v) is 5.53. The van der Waals surface area contributed by atoms with Crippen LogP contribution < -0.4 is 4.74 Å². The highest BCUT2D eigenvalue weighted by molar-refractivity contribution is 7.15. The van der Waals surface area contributed by atoms with Crippen molar-refractivity contribution < 1.29 is 23.0 Å². The Kier molecular flexibility index (Phi) is 4.62. The Morgan fingerprint density at radius 1 is 1.29 bits per heavy atom. The van der Waals surface area contributed by atoms with Crippen LogP contribution in [0.4, 0.5) is 13.2 Å². The second-order valence-corrected chi connectivity index (χ2v) is 7.79. The van der Waals surface area contributed by atoms with Crippen LogP contribution in [-0.4, -0.2) is 37.6 Å². The Morgan fingerprint density at radius 3 is 2.79 bits per heavy atom. The molecule has 4 rings (SSSR count). The van der Waals surface area contributed by atoms with Crippen molar-refractivity contribution >= 4 is 11.3 Å². The van der Waals surface area contributed by atoms with Gasteiger partial charge in [-0.3, -0.25) is 0 Å². The van der Waals surface area contributed by atoms with Crippen molar-refractivity contribution in [2.45, 2.75) is 38.6 Å². The van der Waals surface area contributed by atoms with Crippen molar-refractivity contribution in [1.82, 2.24) is 19.7 Å². The SMILES string of the molecule is CC(C)n1ncnc1-c1nc2c(s1)CCOc1ccc(C(O)C(F)(F)F)cc1-2. The largest absolute Gasteiger partial charge is 0.493 e. The van der Waals surface area contributed by atoms with E-state index in [-0.39, 0.29) is 11.6 Å². The van der Waals surface area contributed by atoms with Gasteiger partial charge in [-0.2, -0.15) is 18.3 Å². The lowest BCUT2D eigenvalue weighted by Crippen LogP contribution is -2.20. The zero-order valence-corrected chi connectivity index (χ0v) is 15.9. The highest BCUT2D eigenvalue weighted by Crippen LogP contribution is 2.42. The molecular formula is C18H17F3N4O2S. The molecule has 1 atom stereocenters. The number of benzene rings is 1. The Hall–Kier alpha value is -2.46. The average Bonchev–Trinajstić information content (AvgIpc) is 3.24. The normalized spacial score (nSPS) is 15.0. The zero-order chi connectivity index (χ0) is 20.1. The van der Waals surface area contributed by atoms with E-state index in [2.05, 4.69) is 15.1 Å². The molecule has 2 aromatic heterocycles. The summed E-state index contributed by atoms with van der Waals surface area (Å²) in [7, 11) is 0. The standard InChI is InChI=1S/C18H17F3N4O2S/c1-9(2)25-16(22-8-23-25)17-24-14-11-7-10(15(26)18(19,20)21)3-4-12(11)27-6-5-13(14)28-17/h3-4,7-9,15,26H,5-6H2,1-2H3. The molecule has 28 heavy (non-hydrogen) atoms. The second-order valence-electron chi connectivity index (χ2n) is 6.71. The fourth-order valence-corrected chi connectivity index (χ4v) is 4.13. The molecule has 0 amide bonds. The predicted octanol–water partition coefficient (Wildman–Crippen LogP) is 4.18. The van der Waals surface area contributed by atoms with E-state index >= 15 is 0 Å². The molecule has 3 heterocycles. The van der Waals surface area contributed by atoms with Crippen LogP contribution in [0.15, 0.2) is 24.5 Å². The van der Waals surface area contributed by atoms with Crippen molar-refractivity contribution in [3.63, 3.8) is 0 Å². The number of hydrogen-bond acceptors (Lipinski definition) is 6. The first-order valence-electron chi connectivity index (χ1n) is 8.67. The minimum absolute atomic E-state index is 0.0883. The summed E-state index contributed by atoms with van der Waals surface area (Å²) < 4.78 is 46.2. The van der Waals surface area contributed by atoms with Gasteiger partial charge in [0.25, 0.3) is 0 Å². The molecule has 0 bridgehead atoms. The number of rotatable bonds is 3. The summed E-state index contributed by atoms with van der Waals surface area (Å²) >= 11 is 1.42. The summed E-state index contributed by atoms with van der Waals surface area (Å²) in [6.07, 6.45) is -5.28. The van der Waals surface area contributed by atoms with E-state index in [1.165, 1.54) is 35.9 Å². The number of fused-ring (bicyclic) bond motifs is 3. The molecule has 1 aromatic carbocycles. The molecule has 1 N–H and O–H groups in total. The second kappa shape index (κ2) is 6.85. The minimum atomic E-state index is -4.75. The monoisotopic (exact) mass is 410 g/mol. The maximum Gasteiger partial charge on any atom is 0.418 e. The Morgan fingerprint density at radius 2 is 2.07 bits per heavy atom. The van der Waals surface area contributed by atoms with E-state index < -0.39 is 12.3 Å². The van der Waals surface area contributed by atoms with Gasteiger partial charge in [0.15, 0.2) is 16.9 Å². The molecule has 0 aliphatic carbocycles. The fraction of sp³-hybridized carbons (Fsp3) is 0.389. The van der Waals surface area contributed by atoms with Crippen molar-refractivity contribution in [3.8, 4) is 27.8 Å². The van der Waals surface area contributed by atoms with Crippen molar-refractivity contribution in [3.05, 3.63) is 35.0 Å². The van der Waals surface area contributed by atoms with Gasteiger partial charge in [-0.05, 0) is 31.5 Å². The summed E-state index contributed by atoms with van der Waals surface area (Å²) in [6, 6.07) is 4.06. The summed E-state index contributed by atoms with van der Waals surface area (Å²) in [4.78, 5) is 9.84. The highest BCUT2D eigenvalue weighted by Gasteiger charge is 2.40. The van der Waals surface area contributed by atoms with Gasteiger partial charge in [0.1, 0.15) is 12.1 Å². The molecule has 0 radical (unpaired) electrons. The molecule has 1 unspecified atom stereocenters. The van der Waals surface area contributed by atoms with Gasteiger partial charge in [0.2, 0.25) is 0 Å². The topological polar surface area (TPSA) is 73.1 Å². The minimum Gasteiger partial charge on any atom is -0.493 e. The molecule has 0 spiro atoms. The number of hydrogen-bond donors (Lipinski definition) is 1. The molecular weight excluding hydrogens is 393 g/mol. The van der Waals surface area contributed by atoms with Gasteiger partial charge in [-0.1, -0.05) is 6.07 Å². The lowest BCUT2D eigenvalue weighted by atomic mass is 10.0. The predicted molar refractivity (Wildman–Crippen MR) is 97.2 cm³/mol. The van der Waals surface area contributed by atoms with Crippen LogP contribution in [0.1, 0.15) is 36.4 Å². The van der Waals surface area contributed by atoms with Gasteiger partial charge in [-0.15, -0.1) is 11.3 Å². The van der Waals surface area contributed by atoms with Crippen LogP contribution in [-0.2, 0) is 6.42 Å². The first kappa shape index (κ1) is 18.9. The first-order valence-corrected chi connectivity index (χ1v) is 9.49. The van der Waals surface area contributed by atoms with Crippen LogP contribution in [0.5, 0.6) is 5.75 Å². The van der Waals surface area contributed by atoms with E-state index in [4.69, 9.17) is 4.74 Å². The number of aromatic nitrogens is 4. The van der Waals surface area contributed by atoms with E-state index in [1.807, 2.05) is 13.8 Å². The molecule has 0 saturated heterocycles. The number of aliphatic hydroxyl groups excluding tert-OH is 1. The molecule has 1 aliphatic rings. The zero-order valence-electron chi connectivity index (χ0n) is 15.1. The van der Waals surface area contributed by atoms with Crippen molar-refractivity contribution in [2.75, 3.05) is 6.61 Å². The molecule has 6 nitrogen and oxygen atoms in total. The number of alkyl halides is 3. The number of thiazole rings is 1. The van der Waals surface area contributed by atoms with Crippen LogP contribution in [0.25, 0.3) is 22.1 Å². The van der Waals surface area contributed by atoms with E-state index in [9.17, 15) is 18.3 Å². The van der Waals surface area contributed by atoms with E-state index in [0.29, 0.717) is 40.9 Å². The molecule has 0 fully saturated rings. The van der Waals surface area contributed by atoms with Gasteiger partial charge >= 0.3 is 6.18 Å². The van der Waals surface area contributed by atoms with Crippen LogP contribution in [0.2, 0.25) is 0 Å². The number of ether oxygens (including phenoxy) is 1. The third kappa shape index (κ3) is 3.26. The van der Waals surface area contributed by atoms with Gasteiger partial charge in [0, 0.05) is 22.9 Å². The molecule has 148 valence electrons. The molecule has 0 saturated carbocycles. The van der Waals surface area contributed by atoms with Gasteiger partial charge in [0.05, 0.1) is 12.3 Å². The van der Waals surface area contributed by atoms with Crippen LogP contribution >= 0.6 is 11.3 Å². The number of halogens is 3. The molecule has 10 heteroatoms. The fourth-order valence-electron chi connectivity index (χ4n) is 3.08. The molecule has 1 aliphatic heterocycles. The smallest absolute Gasteiger partial charge is 0.418 e. The quantitative estimate of drug-likeness (QED) is 0.701. The maximum atomic E-state index is 12.9. The molecule has 3 aromatic rings.